The number of nitrogens with zero attached hydrogens (tertiary/aromatic N) is 1. The average Bonchev–Trinajstić information content (AvgIpc) is 3.35. The molecule has 0 saturated carbocycles. The summed E-state index contributed by atoms with van der Waals surface area (Å²) in [6.45, 7) is 0. The average molecular weight is 379 g/mol. The number of fused-ring (bicyclic) bond motifs is 1. The van der Waals surface area contributed by atoms with Crippen LogP contribution in [0.3, 0.4) is 0 Å². The van der Waals surface area contributed by atoms with E-state index in [0.29, 0.717) is 6.42 Å². The summed E-state index contributed by atoms with van der Waals surface area (Å²) in [4.78, 5) is 19.4. The Kier molecular flexibility index (Phi) is 5.09. The van der Waals surface area contributed by atoms with Crippen molar-refractivity contribution in [2.75, 3.05) is 0 Å². The molecule has 0 radical (unpaired) electrons. The number of aromatic nitrogens is 1. The van der Waals surface area contributed by atoms with Crippen LogP contribution in [0.4, 0.5) is 0 Å². The van der Waals surface area contributed by atoms with Crippen molar-refractivity contribution >= 4 is 39.4 Å². The maximum absolute atomic E-state index is 12.8. The van der Waals surface area contributed by atoms with E-state index in [0.717, 1.165) is 22.8 Å². The van der Waals surface area contributed by atoms with Crippen molar-refractivity contribution in [1.82, 2.24) is 10.3 Å². The minimum Gasteiger partial charge on any atom is -0.348 e. The van der Waals surface area contributed by atoms with Crippen LogP contribution < -0.4 is 5.32 Å². The van der Waals surface area contributed by atoms with Gasteiger partial charge in [0.1, 0.15) is 0 Å². The lowest BCUT2D eigenvalue weighted by molar-refractivity contribution is -0.121. The Bertz CT molecular complexity index is 989. The molecule has 1 N–H and O–H groups in total. The lowest BCUT2D eigenvalue weighted by Crippen LogP contribution is -2.30. The van der Waals surface area contributed by atoms with Gasteiger partial charge in [0, 0.05) is 34.0 Å². The van der Waals surface area contributed by atoms with Crippen molar-refractivity contribution in [2.45, 2.75) is 18.9 Å². The van der Waals surface area contributed by atoms with Crippen molar-refractivity contribution in [1.29, 1.82) is 0 Å². The molecule has 0 aliphatic heterocycles. The van der Waals surface area contributed by atoms with Crippen LogP contribution in [0.1, 0.15) is 21.4 Å². The highest BCUT2D eigenvalue weighted by molar-refractivity contribution is 7.10. The number of thiophene rings is 2. The van der Waals surface area contributed by atoms with Crippen LogP contribution in [0.2, 0.25) is 0 Å². The number of hydrogen-bond acceptors (Lipinski definition) is 4. The Labute approximate surface area is 160 Å². The summed E-state index contributed by atoms with van der Waals surface area (Å²) < 4.78 is 0. The van der Waals surface area contributed by atoms with Gasteiger partial charge in [-0.3, -0.25) is 9.78 Å². The smallest absolute Gasteiger partial charge is 0.224 e. The molecule has 1 aromatic carbocycles. The Hall–Kier alpha value is -2.50. The van der Waals surface area contributed by atoms with E-state index in [9.17, 15) is 4.79 Å². The molecular formula is C21H18N2OS2. The number of pyridine rings is 1. The molecule has 0 bridgehead atoms. The van der Waals surface area contributed by atoms with E-state index in [1.807, 2.05) is 36.5 Å². The summed E-state index contributed by atoms with van der Waals surface area (Å²) in [5, 5.41) is 9.51. The third kappa shape index (κ3) is 3.84. The molecule has 1 unspecified atom stereocenters. The number of hydrogen-bond donors (Lipinski definition) is 1. The van der Waals surface area contributed by atoms with Gasteiger partial charge in [0.15, 0.2) is 0 Å². The molecule has 3 heterocycles. The molecule has 5 heteroatoms. The molecule has 0 spiro atoms. The molecule has 4 aromatic rings. The second-order valence-corrected chi connectivity index (χ2v) is 8.12. The quantitative estimate of drug-likeness (QED) is 0.513. The largest absolute Gasteiger partial charge is 0.348 e. The molecule has 26 heavy (non-hydrogen) atoms. The van der Waals surface area contributed by atoms with Gasteiger partial charge in [0.05, 0.1) is 12.5 Å². The number of carbonyl (C=O) groups is 1. The monoisotopic (exact) mass is 378 g/mol. The molecule has 0 fully saturated rings. The predicted molar refractivity (Wildman–Crippen MR) is 109 cm³/mol. The first-order chi connectivity index (χ1) is 12.8. The fraction of sp³-hybridized carbons (Fsp3) is 0.143. The van der Waals surface area contributed by atoms with Gasteiger partial charge >= 0.3 is 0 Å². The molecule has 0 saturated heterocycles. The summed E-state index contributed by atoms with van der Waals surface area (Å²) in [7, 11) is 0. The van der Waals surface area contributed by atoms with Crippen LogP contribution >= 0.6 is 22.7 Å². The zero-order valence-corrected chi connectivity index (χ0v) is 15.7. The van der Waals surface area contributed by atoms with E-state index < -0.39 is 0 Å². The number of nitrogens with one attached hydrogen (secondary N) is 1. The molecule has 3 aromatic heterocycles. The Balaban J connectivity index is 1.53. The zero-order valence-electron chi connectivity index (χ0n) is 14.1. The van der Waals surface area contributed by atoms with E-state index in [-0.39, 0.29) is 11.9 Å². The predicted octanol–water partition coefficient (Wildman–Crippen LogP) is 5.00. The standard InChI is InChI=1S/C21H18N2OS2/c24-21(12-15-4-1-5-16-14-22-9-8-18(15)16)23-19(20-7-3-11-26-20)13-17-6-2-10-25-17/h1-11,14,19H,12-13H2,(H,23,24). The number of amides is 1. The minimum atomic E-state index is 0.0118. The van der Waals surface area contributed by atoms with Gasteiger partial charge in [-0.1, -0.05) is 30.3 Å². The molecule has 0 aliphatic rings. The van der Waals surface area contributed by atoms with Crippen LogP contribution in [0.5, 0.6) is 0 Å². The molecule has 1 atom stereocenters. The van der Waals surface area contributed by atoms with Gasteiger partial charge in [-0.15, -0.1) is 22.7 Å². The van der Waals surface area contributed by atoms with E-state index in [1.165, 1.54) is 9.75 Å². The molecule has 130 valence electrons. The summed E-state index contributed by atoms with van der Waals surface area (Å²) in [5.41, 5.74) is 1.03. The van der Waals surface area contributed by atoms with Gasteiger partial charge in [-0.05, 0) is 39.9 Å². The maximum Gasteiger partial charge on any atom is 0.224 e. The van der Waals surface area contributed by atoms with Crippen LogP contribution in [0.25, 0.3) is 10.8 Å². The van der Waals surface area contributed by atoms with Gasteiger partial charge in [-0.2, -0.15) is 0 Å². The van der Waals surface area contributed by atoms with Crippen molar-refractivity contribution < 1.29 is 4.79 Å². The van der Waals surface area contributed by atoms with Crippen molar-refractivity contribution in [2.24, 2.45) is 0 Å². The third-order valence-electron chi connectivity index (χ3n) is 4.33. The van der Waals surface area contributed by atoms with Gasteiger partial charge < -0.3 is 5.32 Å². The maximum atomic E-state index is 12.8. The Morgan fingerprint density at radius 3 is 2.73 bits per heavy atom. The van der Waals surface area contributed by atoms with Gasteiger partial charge in [0.25, 0.3) is 0 Å². The summed E-state index contributed by atoms with van der Waals surface area (Å²) >= 11 is 3.41. The van der Waals surface area contributed by atoms with Crippen molar-refractivity contribution in [3.63, 3.8) is 0 Å². The van der Waals surface area contributed by atoms with Crippen molar-refractivity contribution in [3.8, 4) is 0 Å². The molecular weight excluding hydrogens is 360 g/mol. The Morgan fingerprint density at radius 2 is 1.92 bits per heavy atom. The number of rotatable bonds is 6. The lowest BCUT2D eigenvalue weighted by atomic mass is 10.0. The highest BCUT2D eigenvalue weighted by Gasteiger charge is 2.17. The summed E-state index contributed by atoms with van der Waals surface area (Å²) in [5.74, 6) is 0.0456. The molecule has 0 aliphatic carbocycles. The number of benzene rings is 1. The summed E-state index contributed by atoms with van der Waals surface area (Å²) in [6, 6.07) is 16.3. The zero-order chi connectivity index (χ0) is 17.8. The second-order valence-electron chi connectivity index (χ2n) is 6.11. The lowest BCUT2D eigenvalue weighted by Gasteiger charge is -2.17. The van der Waals surface area contributed by atoms with E-state index in [4.69, 9.17) is 0 Å². The van der Waals surface area contributed by atoms with Gasteiger partial charge in [0.2, 0.25) is 5.91 Å². The Morgan fingerprint density at radius 1 is 1.04 bits per heavy atom. The third-order valence-corrected chi connectivity index (χ3v) is 6.21. The van der Waals surface area contributed by atoms with E-state index >= 15 is 0 Å². The summed E-state index contributed by atoms with van der Waals surface area (Å²) in [6.07, 6.45) is 4.80. The SMILES string of the molecule is O=C(Cc1cccc2cnccc12)NC(Cc1cccs1)c1cccs1. The van der Waals surface area contributed by atoms with Crippen LogP contribution in [0, 0.1) is 0 Å². The fourth-order valence-electron chi connectivity index (χ4n) is 3.10. The van der Waals surface area contributed by atoms with Crippen LogP contribution in [0.15, 0.2) is 71.7 Å². The van der Waals surface area contributed by atoms with E-state index in [2.05, 4.69) is 39.3 Å². The topological polar surface area (TPSA) is 42.0 Å². The normalized spacial score (nSPS) is 12.2. The van der Waals surface area contributed by atoms with Crippen molar-refractivity contribution in [3.05, 3.63) is 87.0 Å². The van der Waals surface area contributed by atoms with Crippen LogP contribution in [-0.4, -0.2) is 10.9 Å². The molecule has 3 nitrogen and oxygen atoms in total. The first-order valence-electron chi connectivity index (χ1n) is 8.46. The highest BCUT2D eigenvalue weighted by Crippen LogP contribution is 2.25. The molecule has 1 amide bonds. The van der Waals surface area contributed by atoms with Crippen LogP contribution in [-0.2, 0) is 17.6 Å². The fourth-order valence-corrected chi connectivity index (χ4v) is 4.63. The van der Waals surface area contributed by atoms with E-state index in [1.54, 1.807) is 28.9 Å². The minimum absolute atomic E-state index is 0.0118. The van der Waals surface area contributed by atoms with Gasteiger partial charge in [-0.25, -0.2) is 0 Å². The highest BCUT2D eigenvalue weighted by atomic mass is 32.1. The second kappa shape index (κ2) is 7.81. The number of carbonyl (C=O) groups excluding carboxylic acids is 1. The first kappa shape index (κ1) is 16.9. The molecule has 4 rings (SSSR count). The first-order valence-corrected chi connectivity index (χ1v) is 10.2.